The molecule has 0 aliphatic heterocycles. The Labute approximate surface area is 89.9 Å². The molecular formula is C10H11Cl2P. The molecule has 0 saturated heterocycles. The first-order valence-corrected chi connectivity index (χ1v) is 7.27. The van der Waals surface area contributed by atoms with Crippen molar-refractivity contribution >= 4 is 40.5 Å². The van der Waals surface area contributed by atoms with Gasteiger partial charge in [-0.15, -0.1) is 0 Å². The molecule has 1 aromatic rings. The lowest BCUT2D eigenvalue weighted by Gasteiger charge is -2.00. The van der Waals surface area contributed by atoms with Gasteiger partial charge in [0.15, 0.2) is 0 Å². The Kier molecular flexibility index (Phi) is 4.80. The van der Waals surface area contributed by atoms with E-state index in [0.29, 0.717) is 0 Å². The minimum atomic E-state index is -1.00. The maximum atomic E-state index is 5.77. The third kappa shape index (κ3) is 3.68. The van der Waals surface area contributed by atoms with Crippen molar-refractivity contribution in [1.29, 1.82) is 0 Å². The van der Waals surface area contributed by atoms with E-state index in [9.17, 15) is 0 Å². The van der Waals surface area contributed by atoms with Gasteiger partial charge in [0.25, 0.3) is 0 Å². The zero-order valence-corrected chi connectivity index (χ0v) is 9.78. The van der Waals surface area contributed by atoms with Crippen molar-refractivity contribution in [2.75, 3.05) is 0 Å². The van der Waals surface area contributed by atoms with Crippen LogP contribution in [0.2, 0.25) is 0 Å². The van der Waals surface area contributed by atoms with Gasteiger partial charge in [-0.3, -0.25) is 0 Å². The standard InChI is InChI=1S/C10H11Cl2P/c1-2-3-4-9-5-7-10(8-6-9)13(11)12/h3-8H,2H2,1H3/b4-3+. The summed E-state index contributed by atoms with van der Waals surface area (Å²) < 4.78 is 0. The topological polar surface area (TPSA) is 0 Å². The van der Waals surface area contributed by atoms with Gasteiger partial charge in [0.2, 0.25) is 0 Å². The van der Waals surface area contributed by atoms with Gasteiger partial charge in [-0.2, -0.15) is 0 Å². The molecule has 0 nitrogen and oxygen atoms in total. The lowest BCUT2D eigenvalue weighted by molar-refractivity contribution is 1.23. The number of halogens is 2. The second-order valence-corrected chi connectivity index (χ2v) is 6.16. The van der Waals surface area contributed by atoms with Crippen LogP contribution in [0.1, 0.15) is 18.9 Å². The first kappa shape index (κ1) is 11.0. The molecule has 13 heavy (non-hydrogen) atoms. The first-order valence-electron chi connectivity index (χ1n) is 4.12. The summed E-state index contributed by atoms with van der Waals surface area (Å²) >= 11 is 11.5. The molecule has 0 heterocycles. The second-order valence-electron chi connectivity index (χ2n) is 2.64. The van der Waals surface area contributed by atoms with Gasteiger partial charge in [-0.25, -0.2) is 0 Å². The minimum Gasteiger partial charge on any atom is -0.0842 e. The summed E-state index contributed by atoms with van der Waals surface area (Å²) in [5.41, 5.74) is 1.19. The molecule has 0 spiro atoms. The van der Waals surface area contributed by atoms with Crippen molar-refractivity contribution in [2.45, 2.75) is 13.3 Å². The summed E-state index contributed by atoms with van der Waals surface area (Å²) in [6.45, 7) is 1.11. The largest absolute Gasteiger partial charge is 0.116 e. The first-order chi connectivity index (χ1) is 6.24. The summed E-state index contributed by atoms with van der Waals surface area (Å²) in [5, 5.41) is 1.01. The van der Waals surface area contributed by atoms with Crippen LogP contribution in [0.5, 0.6) is 0 Å². The number of rotatable bonds is 3. The molecule has 0 bridgehead atoms. The molecule has 0 unspecified atom stereocenters. The minimum absolute atomic E-state index is 1.00. The van der Waals surface area contributed by atoms with E-state index in [4.69, 9.17) is 22.5 Å². The van der Waals surface area contributed by atoms with Crippen LogP contribution in [0.15, 0.2) is 30.3 Å². The fourth-order valence-corrected chi connectivity index (χ4v) is 2.00. The monoisotopic (exact) mass is 232 g/mol. The summed E-state index contributed by atoms with van der Waals surface area (Å²) in [4.78, 5) is 0. The SMILES string of the molecule is CC/C=C/c1ccc(P(Cl)Cl)cc1. The van der Waals surface area contributed by atoms with E-state index in [1.165, 1.54) is 5.56 Å². The number of benzene rings is 1. The quantitative estimate of drug-likeness (QED) is 0.673. The molecule has 0 fully saturated rings. The fraction of sp³-hybridized carbons (Fsp3) is 0.200. The number of hydrogen-bond acceptors (Lipinski definition) is 0. The third-order valence-electron chi connectivity index (χ3n) is 1.63. The van der Waals surface area contributed by atoms with Crippen LogP contribution in [0, 0.1) is 0 Å². The average Bonchev–Trinajstić information content (AvgIpc) is 2.15. The Balaban J connectivity index is 2.75. The molecule has 0 aliphatic carbocycles. The van der Waals surface area contributed by atoms with Crippen LogP contribution >= 0.6 is 29.1 Å². The Morgan fingerprint density at radius 3 is 2.31 bits per heavy atom. The van der Waals surface area contributed by atoms with Crippen LogP contribution in [0.25, 0.3) is 6.08 Å². The van der Waals surface area contributed by atoms with Gasteiger partial charge in [0, 0.05) is 5.30 Å². The highest BCUT2D eigenvalue weighted by molar-refractivity contribution is 8.08. The number of hydrogen-bond donors (Lipinski definition) is 0. The van der Waals surface area contributed by atoms with Crippen LogP contribution in [0.4, 0.5) is 0 Å². The summed E-state index contributed by atoms with van der Waals surface area (Å²) in [6.07, 6.45) is 5.27. The predicted octanol–water partition coefficient (Wildman–Crippen LogP) is 4.52. The van der Waals surface area contributed by atoms with Crippen molar-refractivity contribution in [1.82, 2.24) is 0 Å². The lowest BCUT2D eigenvalue weighted by Crippen LogP contribution is -1.92. The average molecular weight is 233 g/mol. The van der Waals surface area contributed by atoms with Crippen LogP contribution in [-0.4, -0.2) is 0 Å². The Hall–Kier alpha value is -0.0300. The Bertz CT molecular complexity index is 277. The van der Waals surface area contributed by atoms with Gasteiger partial charge in [0.05, 0.1) is 0 Å². The van der Waals surface area contributed by atoms with Crippen LogP contribution in [-0.2, 0) is 0 Å². The van der Waals surface area contributed by atoms with E-state index in [0.717, 1.165) is 11.7 Å². The molecule has 0 atom stereocenters. The molecule has 0 radical (unpaired) electrons. The van der Waals surface area contributed by atoms with E-state index in [1.54, 1.807) is 0 Å². The van der Waals surface area contributed by atoms with Crippen molar-refractivity contribution in [2.24, 2.45) is 0 Å². The zero-order chi connectivity index (χ0) is 9.68. The van der Waals surface area contributed by atoms with Crippen molar-refractivity contribution in [3.63, 3.8) is 0 Å². The molecule has 0 N–H and O–H groups in total. The summed E-state index contributed by atoms with van der Waals surface area (Å²) in [5.74, 6) is 0. The fourth-order valence-electron chi connectivity index (χ4n) is 0.952. The molecule has 0 amide bonds. The molecule has 0 aromatic heterocycles. The molecule has 70 valence electrons. The second kappa shape index (κ2) is 5.65. The maximum absolute atomic E-state index is 5.77. The highest BCUT2D eigenvalue weighted by Gasteiger charge is 2.01. The zero-order valence-electron chi connectivity index (χ0n) is 7.37. The van der Waals surface area contributed by atoms with Gasteiger partial charge in [-0.1, -0.05) is 65.8 Å². The van der Waals surface area contributed by atoms with E-state index in [2.05, 4.69) is 19.1 Å². The smallest absolute Gasteiger partial charge is 0.0842 e. The predicted molar refractivity (Wildman–Crippen MR) is 64.0 cm³/mol. The lowest BCUT2D eigenvalue weighted by atomic mass is 10.2. The molecule has 0 saturated carbocycles. The van der Waals surface area contributed by atoms with Gasteiger partial charge < -0.3 is 0 Å². The van der Waals surface area contributed by atoms with Crippen molar-refractivity contribution in [3.8, 4) is 0 Å². The number of allylic oxidation sites excluding steroid dienone is 1. The van der Waals surface area contributed by atoms with Gasteiger partial charge >= 0.3 is 0 Å². The van der Waals surface area contributed by atoms with Crippen molar-refractivity contribution in [3.05, 3.63) is 35.9 Å². The van der Waals surface area contributed by atoms with Gasteiger partial charge in [-0.05, 0) is 12.0 Å². The summed E-state index contributed by atoms with van der Waals surface area (Å²) in [6, 6.07) is 8.01. The normalized spacial score (nSPS) is 11.4. The molecular weight excluding hydrogens is 222 g/mol. The van der Waals surface area contributed by atoms with E-state index >= 15 is 0 Å². The highest BCUT2D eigenvalue weighted by Crippen LogP contribution is 2.45. The third-order valence-corrected chi connectivity index (χ3v) is 3.49. The van der Waals surface area contributed by atoms with Crippen molar-refractivity contribution < 1.29 is 0 Å². The Morgan fingerprint density at radius 1 is 1.23 bits per heavy atom. The van der Waals surface area contributed by atoms with Crippen LogP contribution < -0.4 is 5.30 Å². The van der Waals surface area contributed by atoms with E-state index in [-0.39, 0.29) is 0 Å². The molecule has 3 heteroatoms. The molecule has 0 aliphatic rings. The molecule has 1 rings (SSSR count). The van der Waals surface area contributed by atoms with E-state index in [1.807, 2.05) is 24.3 Å². The van der Waals surface area contributed by atoms with E-state index < -0.39 is 6.63 Å². The molecule has 1 aromatic carbocycles. The Morgan fingerprint density at radius 2 is 1.85 bits per heavy atom. The van der Waals surface area contributed by atoms with Gasteiger partial charge in [0.1, 0.15) is 6.63 Å². The van der Waals surface area contributed by atoms with Crippen LogP contribution in [0.3, 0.4) is 0 Å². The maximum Gasteiger partial charge on any atom is 0.116 e. The summed E-state index contributed by atoms with van der Waals surface area (Å²) in [7, 11) is 0. The highest BCUT2D eigenvalue weighted by atomic mass is 35.9.